The molecular formula is C20H17F2NO7. The Morgan fingerprint density at radius 1 is 0.867 bits per heavy atom. The Balaban J connectivity index is 1.73. The van der Waals surface area contributed by atoms with Crippen LogP contribution < -0.4 is 14.8 Å². The fraction of sp³-hybridized carbons (Fsp3) is 0.200. The fourth-order valence-corrected chi connectivity index (χ4v) is 2.14. The van der Waals surface area contributed by atoms with E-state index in [2.05, 4.69) is 4.74 Å². The van der Waals surface area contributed by atoms with Crippen LogP contribution in [-0.4, -0.2) is 43.4 Å². The van der Waals surface area contributed by atoms with Gasteiger partial charge in [-0.3, -0.25) is 19.7 Å². The second-order valence-electron chi connectivity index (χ2n) is 5.81. The van der Waals surface area contributed by atoms with Gasteiger partial charge in [-0.1, -0.05) is 0 Å². The molecule has 1 N–H and O–H groups in total. The van der Waals surface area contributed by atoms with Crippen molar-refractivity contribution < 1.29 is 42.2 Å². The quantitative estimate of drug-likeness (QED) is 0.489. The molecular weight excluding hydrogens is 404 g/mol. The van der Waals surface area contributed by atoms with Crippen LogP contribution in [0, 0.1) is 0 Å². The van der Waals surface area contributed by atoms with E-state index in [0.29, 0.717) is 11.3 Å². The molecule has 2 aromatic carbocycles. The van der Waals surface area contributed by atoms with Gasteiger partial charge in [0.05, 0.1) is 0 Å². The predicted molar refractivity (Wildman–Crippen MR) is 98.4 cm³/mol. The topological polar surface area (TPSA) is 108 Å². The molecule has 2 aromatic rings. The van der Waals surface area contributed by atoms with Gasteiger partial charge < -0.3 is 14.2 Å². The average Bonchev–Trinajstić information content (AvgIpc) is 2.71. The maximum Gasteiger partial charge on any atom is 0.387 e. The molecule has 0 fully saturated rings. The molecule has 0 heterocycles. The first-order valence-corrected chi connectivity index (χ1v) is 8.53. The summed E-state index contributed by atoms with van der Waals surface area (Å²) in [5.74, 6) is -2.46. The monoisotopic (exact) mass is 421 g/mol. The molecule has 2 rings (SSSR count). The largest absolute Gasteiger partial charge is 0.482 e. The number of hydrogen-bond donors (Lipinski definition) is 1. The number of halogens is 2. The number of ketones is 1. The molecule has 8 nitrogen and oxygen atoms in total. The van der Waals surface area contributed by atoms with Gasteiger partial charge in [-0.15, -0.1) is 0 Å². The average molecular weight is 421 g/mol. The highest BCUT2D eigenvalue weighted by Crippen LogP contribution is 2.15. The maximum absolute atomic E-state index is 12.1. The number of benzene rings is 2. The van der Waals surface area contributed by atoms with Gasteiger partial charge in [0.2, 0.25) is 0 Å². The lowest BCUT2D eigenvalue weighted by Crippen LogP contribution is -2.34. The normalized spacial score (nSPS) is 10.3. The summed E-state index contributed by atoms with van der Waals surface area (Å²) >= 11 is 0. The lowest BCUT2D eigenvalue weighted by atomic mass is 10.1. The van der Waals surface area contributed by atoms with Crippen LogP contribution in [0.1, 0.15) is 27.6 Å². The van der Waals surface area contributed by atoms with E-state index in [1.165, 1.54) is 43.3 Å². The van der Waals surface area contributed by atoms with Gasteiger partial charge in [0, 0.05) is 11.1 Å². The number of carbonyl (C=O) groups is 4. The van der Waals surface area contributed by atoms with Gasteiger partial charge in [0.1, 0.15) is 11.5 Å². The van der Waals surface area contributed by atoms with E-state index in [0.717, 1.165) is 12.1 Å². The molecule has 0 saturated carbocycles. The molecule has 0 aromatic heterocycles. The first-order valence-electron chi connectivity index (χ1n) is 8.53. The number of hydrogen-bond acceptors (Lipinski definition) is 7. The van der Waals surface area contributed by atoms with Crippen molar-refractivity contribution in [2.75, 3.05) is 13.2 Å². The third-order valence-corrected chi connectivity index (χ3v) is 3.58. The minimum Gasteiger partial charge on any atom is -0.482 e. The summed E-state index contributed by atoms with van der Waals surface area (Å²) in [7, 11) is 0. The molecule has 158 valence electrons. The second kappa shape index (κ2) is 10.6. The van der Waals surface area contributed by atoms with E-state index in [1.54, 1.807) is 0 Å². The van der Waals surface area contributed by atoms with E-state index in [-0.39, 0.29) is 17.1 Å². The van der Waals surface area contributed by atoms with Crippen LogP contribution in [0.2, 0.25) is 0 Å². The lowest BCUT2D eigenvalue weighted by Gasteiger charge is -2.08. The summed E-state index contributed by atoms with van der Waals surface area (Å²) in [6.07, 6.45) is 0. The van der Waals surface area contributed by atoms with Crippen LogP contribution in [0.5, 0.6) is 11.5 Å². The zero-order chi connectivity index (χ0) is 22.1. The van der Waals surface area contributed by atoms with Crippen LogP contribution in [0.4, 0.5) is 8.78 Å². The Kier molecular flexibility index (Phi) is 7.98. The van der Waals surface area contributed by atoms with Gasteiger partial charge in [0.15, 0.2) is 19.0 Å². The van der Waals surface area contributed by atoms with E-state index in [9.17, 15) is 28.0 Å². The molecule has 0 aliphatic carbocycles. The number of Topliss-reactive ketones (excluding diaryl/α,β-unsaturated/α-hetero) is 1. The number of nitrogens with one attached hydrogen (secondary N) is 1. The molecule has 0 aliphatic rings. The molecule has 2 amide bonds. The minimum absolute atomic E-state index is 0.0219. The standard InChI is InChI=1S/C20H17F2NO7/c1-12(24)13-2-6-15(7-3-13)28-11-18(26)29-10-17(25)23-19(27)14-4-8-16(9-5-14)30-20(21)22/h2-9,20H,10-11H2,1H3,(H,23,25,27). The third kappa shape index (κ3) is 7.30. The van der Waals surface area contributed by atoms with E-state index >= 15 is 0 Å². The Labute approximate surface area is 169 Å². The van der Waals surface area contributed by atoms with Crippen molar-refractivity contribution in [2.24, 2.45) is 0 Å². The maximum atomic E-state index is 12.1. The Bertz CT molecular complexity index is 912. The van der Waals surface area contributed by atoms with Crippen LogP contribution in [0.3, 0.4) is 0 Å². The summed E-state index contributed by atoms with van der Waals surface area (Å²) in [4.78, 5) is 46.4. The van der Waals surface area contributed by atoms with Crippen LogP contribution in [0.25, 0.3) is 0 Å². The highest BCUT2D eigenvalue weighted by molar-refractivity contribution is 6.05. The summed E-state index contributed by atoms with van der Waals surface area (Å²) in [6, 6.07) is 10.8. The van der Waals surface area contributed by atoms with Crippen molar-refractivity contribution in [3.05, 3.63) is 59.7 Å². The summed E-state index contributed by atoms with van der Waals surface area (Å²) in [5.41, 5.74) is 0.510. The summed E-state index contributed by atoms with van der Waals surface area (Å²) < 4.78 is 38.2. The van der Waals surface area contributed by atoms with Gasteiger partial charge in [-0.25, -0.2) is 4.79 Å². The molecule has 0 atom stereocenters. The van der Waals surface area contributed by atoms with Gasteiger partial charge >= 0.3 is 12.6 Å². The number of alkyl halides is 2. The molecule has 10 heteroatoms. The molecule has 0 spiro atoms. The summed E-state index contributed by atoms with van der Waals surface area (Å²) in [5, 5.41) is 1.99. The van der Waals surface area contributed by atoms with Crippen LogP contribution in [-0.2, 0) is 14.3 Å². The Morgan fingerprint density at radius 2 is 1.43 bits per heavy atom. The zero-order valence-electron chi connectivity index (χ0n) is 15.7. The molecule has 0 saturated heterocycles. The third-order valence-electron chi connectivity index (χ3n) is 3.58. The van der Waals surface area contributed by atoms with Crippen molar-refractivity contribution >= 4 is 23.6 Å². The van der Waals surface area contributed by atoms with Crippen LogP contribution in [0.15, 0.2) is 48.5 Å². The fourth-order valence-electron chi connectivity index (χ4n) is 2.14. The van der Waals surface area contributed by atoms with E-state index in [1.807, 2.05) is 5.32 Å². The first kappa shape index (κ1) is 22.5. The predicted octanol–water partition coefficient (Wildman–Crippen LogP) is 2.37. The van der Waals surface area contributed by atoms with Crippen molar-refractivity contribution in [3.8, 4) is 11.5 Å². The van der Waals surface area contributed by atoms with Crippen molar-refractivity contribution in [1.82, 2.24) is 5.32 Å². The lowest BCUT2D eigenvalue weighted by molar-refractivity contribution is -0.150. The molecule has 30 heavy (non-hydrogen) atoms. The molecule has 0 aliphatic heterocycles. The Morgan fingerprint density at radius 3 is 2.00 bits per heavy atom. The van der Waals surface area contributed by atoms with Crippen molar-refractivity contribution in [1.29, 1.82) is 0 Å². The van der Waals surface area contributed by atoms with E-state index in [4.69, 9.17) is 9.47 Å². The second-order valence-corrected chi connectivity index (χ2v) is 5.81. The number of ether oxygens (including phenoxy) is 3. The highest BCUT2D eigenvalue weighted by atomic mass is 19.3. The number of esters is 1. The number of rotatable bonds is 9. The van der Waals surface area contributed by atoms with Gasteiger partial charge in [-0.05, 0) is 55.5 Å². The van der Waals surface area contributed by atoms with Crippen molar-refractivity contribution in [3.63, 3.8) is 0 Å². The SMILES string of the molecule is CC(=O)c1ccc(OCC(=O)OCC(=O)NC(=O)c2ccc(OC(F)F)cc2)cc1. The molecule has 0 unspecified atom stereocenters. The van der Waals surface area contributed by atoms with Gasteiger partial charge in [-0.2, -0.15) is 8.78 Å². The minimum atomic E-state index is -3.00. The van der Waals surface area contributed by atoms with Gasteiger partial charge in [0.25, 0.3) is 11.8 Å². The van der Waals surface area contributed by atoms with Crippen molar-refractivity contribution in [2.45, 2.75) is 13.5 Å². The number of amides is 2. The summed E-state index contributed by atoms with van der Waals surface area (Å²) in [6.45, 7) is -2.78. The highest BCUT2D eigenvalue weighted by Gasteiger charge is 2.14. The number of carbonyl (C=O) groups excluding carboxylic acids is 4. The van der Waals surface area contributed by atoms with Crippen LogP contribution >= 0.6 is 0 Å². The zero-order valence-corrected chi connectivity index (χ0v) is 15.7. The molecule has 0 bridgehead atoms. The van der Waals surface area contributed by atoms with E-state index < -0.39 is 37.6 Å². The molecule has 0 radical (unpaired) electrons. The smallest absolute Gasteiger partial charge is 0.387 e. The Hall–Kier alpha value is -3.82. The first-order chi connectivity index (χ1) is 14.2. The number of imide groups is 1.